The standard InChI is InChI=1S/C19H17N7/c1-21-25-18(24-20)13-9-10-16-15(12-13)23-19(17-8-5-11-26(16)17)22-14-6-3-2-4-7-14/h2-12H,1,20H2,(H,22,23)(H,24,25). The Kier molecular flexibility index (Phi) is 3.95. The van der Waals surface area contributed by atoms with Crippen molar-refractivity contribution < 1.29 is 0 Å². The molecule has 128 valence electrons. The molecule has 0 saturated carbocycles. The molecule has 26 heavy (non-hydrogen) atoms. The lowest BCUT2D eigenvalue weighted by Crippen LogP contribution is -2.20. The van der Waals surface area contributed by atoms with Crippen molar-refractivity contribution >= 4 is 40.6 Å². The van der Waals surface area contributed by atoms with Crippen molar-refractivity contribution in [1.82, 2.24) is 14.8 Å². The number of amidine groups is 1. The number of nitrogens with one attached hydrogen (secondary N) is 2. The molecule has 0 saturated heterocycles. The quantitative estimate of drug-likeness (QED) is 0.230. The van der Waals surface area contributed by atoms with Crippen molar-refractivity contribution in [3.8, 4) is 0 Å². The van der Waals surface area contributed by atoms with Crippen molar-refractivity contribution in [1.29, 1.82) is 0 Å². The minimum Gasteiger partial charge on any atom is -0.338 e. The number of hydrogen-bond donors (Lipinski definition) is 3. The highest BCUT2D eigenvalue weighted by Crippen LogP contribution is 2.25. The predicted octanol–water partition coefficient (Wildman–Crippen LogP) is 3.06. The van der Waals surface area contributed by atoms with E-state index in [0.717, 1.165) is 33.6 Å². The summed E-state index contributed by atoms with van der Waals surface area (Å²) >= 11 is 0. The third-order valence-corrected chi connectivity index (χ3v) is 4.08. The van der Waals surface area contributed by atoms with Gasteiger partial charge in [-0.2, -0.15) is 10.2 Å². The Balaban J connectivity index is 1.88. The molecule has 2 heterocycles. The van der Waals surface area contributed by atoms with Crippen molar-refractivity contribution in [2.75, 3.05) is 5.32 Å². The minimum absolute atomic E-state index is 0.425. The SMILES string of the molecule is C=NNC(=NN)c1ccc2c(c1)nc(Nc1ccccc1)c1cccn12. The zero-order valence-corrected chi connectivity index (χ0v) is 13.9. The van der Waals surface area contributed by atoms with Crippen LogP contribution in [-0.2, 0) is 0 Å². The molecule has 4 N–H and O–H groups in total. The summed E-state index contributed by atoms with van der Waals surface area (Å²) in [4.78, 5) is 4.81. The zero-order valence-electron chi connectivity index (χ0n) is 13.9. The van der Waals surface area contributed by atoms with Crippen LogP contribution in [-0.4, -0.2) is 21.9 Å². The molecule has 4 rings (SSSR count). The Bertz CT molecular complexity index is 1110. The number of nitrogens with zero attached hydrogens (tertiary/aromatic N) is 4. The van der Waals surface area contributed by atoms with E-state index in [1.165, 1.54) is 0 Å². The summed E-state index contributed by atoms with van der Waals surface area (Å²) < 4.78 is 2.09. The maximum Gasteiger partial charge on any atom is 0.173 e. The lowest BCUT2D eigenvalue weighted by Gasteiger charge is -2.12. The normalized spacial score (nSPS) is 11.6. The Morgan fingerprint density at radius 1 is 1.04 bits per heavy atom. The third-order valence-electron chi connectivity index (χ3n) is 4.08. The molecular formula is C19H17N7. The lowest BCUT2D eigenvalue weighted by atomic mass is 10.1. The number of anilines is 2. The van der Waals surface area contributed by atoms with Crippen molar-refractivity contribution in [2.45, 2.75) is 0 Å². The average Bonchev–Trinajstić information content (AvgIpc) is 3.17. The van der Waals surface area contributed by atoms with Crippen LogP contribution in [0.3, 0.4) is 0 Å². The molecule has 0 aliphatic heterocycles. The monoisotopic (exact) mass is 343 g/mol. The fraction of sp³-hybridized carbons (Fsp3) is 0. The molecule has 0 unspecified atom stereocenters. The van der Waals surface area contributed by atoms with Gasteiger partial charge in [-0.25, -0.2) is 4.98 Å². The van der Waals surface area contributed by atoms with E-state index in [1.807, 2.05) is 66.9 Å². The summed E-state index contributed by atoms with van der Waals surface area (Å²) in [5.74, 6) is 6.64. The topological polar surface area (TPSA) is 92.1 Å². The first-order valence-electron chi connectivity index (χ1n) is 8.03. The van der Waals surface area contributed by atoms with Crippen LogP contribution in [0.4, 0.5) is 11.5 Å². The molecule has 0 atom stereocenters. The van der Waals surface area contributed by atoms with E-state index in [4.69, 9.17) is 10.8 Å². The molecule has 0 radical (unpaired) electrons. The van der Waals surface area contributed by atoms with E-state index in [0.29, 0.717) is 5.84 Å². The van der Waals surface area contributed by atoms with Crippen LogP contribution in [0, 0.1) is 0 Å². The molecule has 0 amide bonds. The number of nitrogens with two attached hydrogens (primary N) is 1. The molecule has 2 aromatic heterocycles. The second-order valence-corrected chi connectivity index (χ2v) is 5.67. The maximum atomic E-state index is 5.44. The van der Waals surface area contributed by atoms with Crippen molar-refractivity contribution in [3.63, 3.8) is 0 Å². The largest absolute Gasteiger partial charge is 0.338 e. The van der Waals surface area contributed by atoms with E-state index < -0.39 is 0 Å². The Morgan fingerprint density at radius 3 is 2.65 bits per heavy atom. The molecular weight excluding hydrogens is 326 g/mol. The number of hydrazone groups is 2. The highest BCUT2D eigenvalue weighted by Gasteiger charge is 2.11. The van der Waals surface area contributed by atoms with Crippen LogP contribution in [0.5, 0.6) is 0 Å². The highest BCUT2D eigenvalue weighted by molar-refractivity contribution is 6.01. The van der Waals surface area contributed by atoms with Crippen LogP contribution in [0.25, 0.3) is 16.6 Å². The van der Waals surface area contributed by atoms with Gasteiger partial charge >= 0.3 is 0 Å². The molecule has 0 spiro atoms. The van der Waals surface area contributed by atoms with Gasteiger partial charge in [-0.15, -0.1) is 0 Å². The van der Waals surface area contributed by atoms with Gasteiger partial charge in [0.1, 0.15) is 0 Å². The summed E-state index contributed by atoms with van der Waals surface area (Å²) in [7, 11) is 0. The fourth-order valence-corrected chi connectivity index (χ4v) is 2.92. The molecule has 0 aliphatic carbocycles. The predicted molar refractivity (Wildman–Crippen MR) is 106 cm³/mol. The first kappa shape index (κ1) is 15.6. The zero-order chi connectivity index (χ0) is 17.9. The first-order valence-corrected chi connectivity index (χ1v) is 8.03. The number of hydrogen-bond acceptors (Lipinski definition) is 5. The Labute approximate surface area is 149 Å². The summed E-state index contributed by atoms with van der Waals surface area (Å²) in [5.41, 5.74) is 7.21. The van der Waals surface area contributed by atoms with E-state index in [1.54, 1.807) is 0 Å². The van der Waals surface area contributed by atoms with Gasteiger partial charge in [0.05, 0.1) is 16.6 Å². The van der Waals surface area contributed by atoms with Gasteiger partial charge in [0, 0.05) is 24.2 Å². The lowest BCUT2D eigenvalue weighted by molar-refractivity contribution is 1.02. The van der Waals surface area contributed by atoms with E-state index in [-0.39, 0.29) is 0 Å². The highest BCUT2D eigenvalue weighted by atomic mass is 15.3. The van der Waals surface area contributed by atoms with Crippen LogP contribution >= 0.6 is 0 Å². The fourth-order valence-electron chi connectivity index (χ4n) is 2.92. The van der Waals surface area contributed by atoms with Gasteiger partial charge in [-0.05, 0) is 42.5 Å². The van der Waals surface area contributed by atoms with Gasteiger partial charge in [-0.1, -0.05) is 18.2 Å². The Morgan fingerprint density at radius 2 is 1.88 bits per heavy atom. The molecule has 0 fully saturated rings. The van der Waals surface area contributed by atoms with Gasteiger partial charge in [0.15, 0.2) is 11.7 Å². The minimum atomic E-state index is 0.425. The van der Waals surface area contributed by atoms with Crippen LogP contribution in [0.2, 0.25) is 0 Å². The number of benzene rings is 2. The van der Waals surface area contributed by atoms with Crippen LogP contribution in [0.15, 0.2) is 77.1 Å². The number of fused-ring (bicyclic) bond motifs is 3. The first-order chi connectivity index (χ1) is 12.8. The summed E-state index contributed by atoms with van der Waals surface area (Å²) in [6.07, 6.45) is 2.01. The van der Waals surface area contributed by atoms with E-state index >= 15 is 0 Å². The van der Waals surface area contributed by atoms with E-state index in [2.05, 4.69) is 32.1 Å². The molecule has 7 nitrogen and oxygen atoms in total. The maximum absolute atomic E-state index is 5.44. The second-order valence-electron chi connectivity index (χ2n) is 5.67. The van der Waals surface area contributed by atoms with Gasteiger partial charge in [0.2, 0.25) is 0 Å². The molecule has 2 aromatic carbocycles. The third kappa shape index (κ3) is 2.71. The van der Waals surface area contributed by atoms with Crippen LogP contribution < -0.4 is 16.6 Å². The Hall–Kier alpha value is -3.87. The summed E-state index contributed by atoms with van der Waals surface area (Å²) in [6.45, 7) is 3.40. The smallest absolute Gasteiger partial charge is 0.173 e. The van der Waals surface area contributed by atoms with Gasteiger partial charge in [-0.3, -0.25) is 5.43 Å². The summed E-state index contributed by atoms with van der Waals surface area (Å²) in [6, 6.07) is 19.8. The van der Waals surface area contributed by atoms with Crippen molar-refractivity contribution in [3.05, 3.63) is 72.4 Å². The van der Waals surface area contributed by atoms with Crippen molar-refractivity contribution in [2.24, 2.45) is 16.0 Å². The average molecular weight is 343 g/mol. The van der Waals surface area contributed by atoms with Gasteiger partial charge in [0.25, 0.3) is 0 Å². The summed E-state index contributed by atoms with van der Waals surface area (Å²) in [5, 5.41) is 10.7. The molecule has 7 heteroatoms. The molecule has 0 aliphatic rings. The second kappa shape index (κ2) is 6.56. The van der Waals surface area contributed by atoms with Gasteiger partial charge < -0.3 is 15.6 Å². The number of aromatic nitrogens is 2. The molecule has 4 aromatic rings. The van der Waals surface area contributed by atoms with E-state index in [9.17, 15) is 0 Å². The van der Waals surface area contributed by atoms with Crippen LogP contribution in [0.1, 0.15) is 5.56 Å². The number of para-hydroxylation sites is 1. The molecule has 0 bridgehead atoms. The number of rotatable bonds is 4.